The van der Waals surface area contributed by atoms with Gasteiger partial charge in [-0.25, -0.2) is 4.39 Å². The molecule has 0 aliphatic rings. The van der Waals surface area contributed by atoms with Crippen molar-refractivity contribution in [3.05, 3.63) is 133 Å². The number of hydrogen-bond donors (Lipinski definition) is 0. The normalized spacial score (nSPS) is 10.6. The molecular weight excluding hydrogens is 1470 g/mol. The Kier molecular flexibility index (Phi) is 24.0. The molecule has 3 nitrogen and oxygen atoms in total. The summed E-state index contributed by atoms with van der Waals surface area (Å²) in [5.41, 5.74) is 2.82. The minimum absolute atomic E-state index is 0.135. The lowest BCUT2D eigenvalue weighted by atomic mass is 10.1. The largest absolute Gasteiger partial charge is 0.416 e. The summed E-state index contributed by atoms with van der Waals surface area (Å²) < 4.78 is 56.7. The van der Waals surface area contributed by atoms with Gasteiger partial charge in [-0.2, -0.15) is 13.2 Å². The number of benzene rings is 4. The van der Waals surface area contributed by atoms with Crippen LogP contribution in [-0.4, -0.2) is 4.92 Å². The molecule has 0 N–H and O–H groups in total. The van der Waals surface area contributed by atoms with Crippen LogP contribution in [0.25, 0.3) is 0 Å². The topological polar surface area (TPSA) is 43.1 Å². The van der Waals surface area contributed by atoms with Crippen molar-refractivity contribution in [2.24, 2.45) is 0 Å². The zero-order valence-electron chi connectivity index (χ0n) is 23.6. The van der Waals surface area contributed by atoms with Gasteiger partial charge in [-0.3, -0.25) is 10.1 Å². The number of halogens is 17. The summed E-state index contributed by atoms with van der Waals surface area (Å²) in [7, 11) is 0. The van der Waals surface area contributed by atoms with Crippen molar-refractivity contribution in [1.82, 2.24) is 0 Å². The van der Waals surface area contributed by atoms with Crippen LogP contribution in [0.1, 0.15) is 27.8 Å². The molecule has 0 atom stereocenters. The van der Waals surface area contributed by atoms with Crippen LogP contribution >= 0.6 is 207 Å². The van der Waals surface area contributed by atoms with Crippen LogP contribution in [0.15, 0.2) is 75.4 Å². The Morgan fingerprint density at radius 3 is 1.37 bits per heavy atom. The monoisotopic (exact) mass is 1480 g/mol. The maximum atomic E-state index is 12.7. The van der Waals surface area contributed by atoms with E-state index in [0.717, 1.165) is 36.6 Å². The number of rotatable bonds is 5. The van der Waals surface area contributed by atoms with Crippen LogP contribution in [0.5, 0.6) is 0 Å². The third-order valence-corrected chi connectivity index (χ3v) is 13.2. The van der Waals surface area contributed by atoms with Crippen molar-refractivity contribution in [2.75, 3.05) is 0 Å². The predicted molar refractivity (Wildman–Crippen MR) is 239 cm³/mol. The summed E-state index contributed by atoms with van der Waals surface area (Å²) in [5.74, 6) is -0.108. The van der Waals surface area contributed by atoms with Crippen molar-refractivity contribution in [1.29, 1.82) is 0 Å². The highest BCUT2D eigenvalue weighted by atomic mass is 127. The van der Waals surface area contributed by atoms with Gasteiger partial charge in [0.15, 0.2) is 0 Å². The Labute approximate surface area is 389 Å². The van der Waals surface area contributed by atoms with E-state index in [1.807, 2.05) is 0 Å². The second kappa shape index (κ2) is 23.9. The van der Waals surface area contributed by atoms with E-state index < -0.39 is 16.7 Å². The molecule has 49 heavy (non-hydrogen) atoms. The summed E-state index contributed by atoms with van der Waals surface area (Å²) in [6.45, 7) is 0. The molecule has 0 amide bonds. The maximum Gasteiger partial charge on any atom is 0.416 e. The van der Waals surface area contributed by atoms with Gasteiger partial charge in [0, 0.05) is 63.2 Å². The third kappa shape index (κ3) is 16.4. The number of nitro groups is 1. The van der Waals surface area contributed by atoms with Crippen LogP contribution in [-0.2, 0) is 27.1 Å². The van der Waals surface area contributed by atoms with Gasteiger partial charge in [0.25, 0.3) is 5.69 Å². The number of hydrogen-bond acceptors (Lipinski definition) is 2. The van der Waals surface area contributed by atoms with Gasteiger partial charge in [0.1, 0.15) is 5.82 Å². The molecule has 0 saturated carbocycles. The lowest BCUT2D eigenvalue weighted by Crippen LogP contribution is -2.05. The van der Waals surface area contributed by atoms with E-state index in [1.54, 1.807) is 0 Å². The van der Waals surface area contributed by atoms with Gasteiger partial charge < -0.3 is 0 Å². The first kappa shape index (κ1) is 49.2. The fourth-order valence-corrected chi connectivity index (χ4v) is 14.6. The van der Waals surface area contributed by atoms with Gasteiger partial charge in [0.2, 0.25) is 0 Å². The van der Waals surface area contributed by atoms with Crippen LogP contribution < -0.4 is 0 Å². The molecule has 0 fully saturated rings. The SMILES string of the molecule is Brc1cc(I)cc(Br)c1CI.FC(F)(F)c1cc(Br)c(CBr)c(Br)c1.Fc1cc(Br)c(CBr)c(Br)c1.O=[N+]([O-])c1cc(Cl)c(CCl)c(Cl)c1. The Balaban J connectivity index is 0.000000328. The van der Waals surface area contributed by atoms with E-state index in [1.165, 1.54) is 42.3 Å². The summed E-state index contributed by atoms with van der Waals surface area (Å²) in [6.07, 6.45) is -4.31. The third-order valence-electron chi connectivity index (χ3n) is 5.55. The van der Waals surface area contributed by atoms with Gasteiger partial charge in [-0.05, 0) is 75.7 Å². The smallest absolute Gasteiger partial charge is 0.258 e. The zero-order chi connectivity index (χ0) is 37.8. The number of alkyl halides is 7. The molecule has 0 aliphatic heterocycles. The second-order valence-electron chi connectivity index (χ2n) is 8.79. The minimum Gasteiger partial charge on any atom is -0.258 e. The predicted octanol–water partition coefficient (Wildman–Crippen LogP) is 17.8. The van der Waals surface area contributed by atoms with Crippen LogP contribution in [0.3, 0.4) is 0 Å². The Hall–Kier alpha value is 2.17. The molecule has 4 aromatic carbocycles. The van der Waals surface area contributed by atoms with Crippen LogP contribution in [0, 0.1) is 19.5 Å². The Morgan fingerprint density at radius 1 is 0.694 bits per heavy atom. The Morgan fingerprint density at radius 2 is 1.06 bits per heavy atom. The molecule has 0 spiro atoms. The molecule has 0 unspecified atom stereocenters. The lowest BCUT2D eigenvalue weighted by molar-refractivity contribution is -0.384. The number of nitrogens with zero attached hydrogens (tertiary/aromatic N) is 1. The molecule has 4 rings (SSSR count). The van der Waals surface area contributed by atoms with Crippen LogP contribution in [0.4, 0.5) is 23.2 Å². The molecule has 0 aliphatic carbocycles. The fourth-order valence-electron chi connectivity index (χ4n) is 3.12. The lowest BCUT2D eigenvalue weighted by Gasteiger charge is -2.10. The van der Waals surface area contributed by atoms with Crippen molar-refractivity contribution in [3.63, 3.8) is 0 Å². The van der Waals surface area contributed by atoms with Gasteiger partial charge in [-0.1, -0.05) is 173 Å². The molecule has 0 aromatic heterocycles. The molecule has 20 heteroatoms. The van der Waals surface area contributed by atoms with E-state index >= 15 is 0 Å². The molecule has 268 valence electrons. The highest BCUT2D eigenvalue weighted by Crippen LogP contribution is 2.37. The first-order chi connectivity index (χ1) is 22.7. The fraction of sp³-hybridized carbons (Fsp3) is 0.172. The average Bonchev–Trinajstić information content (AvgIpc) is 2.97. The van der Waals surface area contributed by atoms with E-state index in [9.17, 15) is 27.7 Å². The quantitative estimate of drug-likeness (QED) is 0.0657. The summed E-state index contributed by atoms with van der Waals surface area (Å²) >= 11 is 47.8. The number of non-ortho nitro benzene ring substituents is 1. The molecule has 0 radical (unpaired) electrons. The highest BCUT2D eigenvalue weighted by molar-refractivity contribution is 14.1. The van der Waals surface area contributed by atoms with Gasteiger partial charge >= 0.3 is 6.18 Å². The first-order valence-electron chi connectivity index (χ1n) is 12.4. The molecular formula is C29H16Br8Cl3F4I2NO2. The molecule has 0 saturated heterocycles. The van der Waals surface area contributed by atoms with E-state index in [4.69, 9.17) is 34.8 Å². The van der Waals surface area contributed by atoms with E-state index in [2.05, 4.69) is 185 Å². The summed E-state index contributed by atoms with van der Waals surface area (Å²) in [4.78, 5) is 9.80. The van der Waals surface area contributed by atoms with Gasteiger partial charge in [0.05, 0.1) is 26.4 Å². The highest BCUT2D eigenvalue weighted by Gasteiger charge is 2.31. The van der Waals surface area contributed by atoms with Crippen molar-refractivity contribution < 1.29 is 22.5 Å². The van der Waals surface area contributed by atoms with Crippen LogP contribution in [0.2, 0.25) is 10.0 Å². The van der Waals surface area contributed by atoms with Crippen molar-refractivity contribution in [3.8, 4) is 0 Å². The summed E-state index contributed by atoms with van der Waals surface area (Å²) in [5, 5.41) is 12.0. The molecule has 4 aromatic rings. The minimum atomic E-state index is -4.31. The van der Waals surface area contributed by atoms with E-state index in [0.29, 0.717) is 25.2 Å². The number of nitro benzene ring substituents is 1. The standard InChI is InChI=1S/C8H4Br3F3.C7H4Br3F.C7H4Br2I2.C7H4Cl3NO2/c9-3-5-6(10)1-4(2-7(5)11)8(12,13)14;8-3-5-6(9)1-4(11)2-7(5)10;8-6-1-4(11)2-7(9)5(6)3-10;8-3-5-6(9)1-4(11(12)13)2-7(5)10/h1-2H,3H2;2*1-2H,3H2;1-2H,3H2. The second-order valence-corrected chi connectivity index (χ2v) is 18.1. The van der Waals surface area contributed by atoms with E-state index in [-0.39, 0.29) is 27.4 Å². The molecule has 0 heterocycles. The average molecular weight is 1490 g/mol. The first-order valence-corrected chi connectivity index (χ1v) is 23.3. The van der Waals surface area contributed by atoms with Gasteiger partial charge in [-0.15, -0.1) is 11.6 Å². The zero-order valence-corrected chi connectivity index (χ0v) is 42.9. The van der Waals surface area contributed by atoms with Crippen molar-refractivity contribution in [2.45, 2.75) is 27.1 Å². The van der Waals surface area contributed by atoms with Crippen molar-refractivity contribution >= 4 is 213 Å². The molecule has 0 bridgehead atoms. The maximum absolute atomic E-state index is 12.7. The summed E-state index contributed by atoms with van der Waals surface area (Å²) in [6, 6.07) is 11.7. The Bertz CT molecular complexity index is 1630.